The lowest BCUT2D eigenvalue weighted by Crippen LogP contribution is -2.09. The molecular weight excluding hydrogens is 230 g/mol. The smallest absolute Gasteiger partial charge is 0.148 e. The molecule has 3 nitrogen and oxygen atoms in total. The zero-order chi connectivity index (χ0) is 10.7. The van der Waals surface area contributed by atoms with Gasteiger partial charge in [0.2, 0.25) is 0 Å². The number of halogens is 1. The molecule has 0 radical (unpaired) electrons. The molecule has 0 bridgehead atoms. The second-order valence-corrected chi connectivity index (χ2v) is 4.72. The number of hydrogen-bond acceptors (Lipinski definition) is 3. The van der Waals surface area contributed by atoms with Gasteiger partial charge in [0, 0.05) is 17.3 Å². The average molecular weight is 242 g/mol. The molecule has 5 heteroatoms. The number of nitrogens with zero attached hydrogens (tertiary/aromatic N) is 3. The van der Waals surface area contributed by atoms with E-state index in [9.17, 15) is 0 Å². The van der Waals surface area contributed by atoms with Crippen molar-refractivity contribution in [2.45, 2.75) is 25.3 Å². The summed E-state index contributed by atoms with van der Waals surface area (Å²) < 4.78 is 2.03. The third-order valence-electron chi connectivity index (χ3n) is 2.32. The van der Waals surface area contributed by atoms with Crippen molar-refractivity contribution in [3.63, 3.8) is 0 Å². The van der Waals surface area contributed by atoms with Crippen LogP contribution in [-0.4, -0.2) is 14.8 Å². The third kappa shape index (κ3) is 2.38. The Morgan fingerprint density at radius 3 is 3.13 bits per heavy atom. The largest absolute Gasteiger partial charge is 0.313 e. The molecule has 2 aromatic heterocycles. The van der Waals surface area contributed by atoms with Crippen LogP contribution in [0, 0.1) is 0 Å². The molecule has 0 N–H and O–H groups in total. The monoisotopic (exact) mass is 241 g/mol. The van der Waals surface area contributed by atoms with Crippen molar-refractivity contribution < 1.29 is 0 Å². The maximum Gasteiger partial charge on any atom is 0.148 e. The zero-order valence-electron chi connectivity index (χ0n) is 8.43. The highest BCUT2D eigenvalue weighted by molar-refractivity contribution is 7.09. The van der Waals surface area contributed by atoms with Crippen LogP contribution in [0.1, 0.15) is 23.7 Å². The van der Waals surface area contributed by atoms with Crippen molar-refractivity contribution in [2.75, 3.05) is 0 Å². The minimum absolute atomic E-state index is 0.354. The summed E-state index contributed by atoms with van der Waals surface area (Å²) in [5.74, 6) is 1.25. The van der Waals surface area contributed by atoms with E-state index in [1.54, 1.807) is 17.7 Å². The summed E-state index contributed by atoms with van der Waals surface area (Å²) in [5.41, 5.74) is 0. The normalized spacial score (nSPS) is 12.9. The van der Waals surface area contributed by atoms with E-state index >= 15 is 0 Å². The molecule has 2 aromatic rings. The van der Waals surface area contributed by atoms with E-state index in [1.807, 2.05) is 4.57 Å². The number of alkyl halides is 1. The van der Waals surface area contributed by atoms with E-state index in [0.29, 0.717) is 11.9 Å². The van der Waals surface area contributed by atoms with Gasteiger partial charge in [0.25, 0.3) is 0 Å². The van der Waals surface area contributed by atoms with E-state index in [1.165, 1.54) is 4.88 Å². The fourth-order valence-corrected chi connectivity index (χ4v) is 2.57. The van der Waals surface area contributed by atoms with Gasteiger partial charge in [-0.05, 0) is 18.4 Å². The number of rotatable bonds is 4. The van der Waals surface area contributed by atoms with Crippen molar-refractivity contribution in [1.82, 2.24) is 14.8 Å². The molecule has 2 rings (SSSR count). The molecule has 0 aliphatic heterocycles. The Morgan fingerprint density at radius 2 is 2.47 bits per heavy atom. The predicted molar refractivity (Wildman–Crippen MR) is 62.3 cm³/mol. The second-order valence-electron chi connectivity index (χ2n) is 3.42. The lowest BCUT2D eigenvalue weighted by molar-refractivity contribution is 0.531. The molecule has 0 aromatic carbocycles. The lowest BCUT2D eigenvalue weighted by atomic mass is 10.2. The van der Waals surface area contributed by atoms with E-state index < -0.39 is 0 Å². The average Bonchev–Trinajstić information content (AvgIpc) is 2.86. The molecule has 0 amide bonds. The highest BCUT2D eigenvalue weighted by Gasteiger charge is 2.11. The molecule has 80 valence electrons. The Balaban J connectivity index is 2.11. The van der Waals surface area contributed by atoms with Crippen LogP contribution < -0.4 is 0 Å². The molecule has 0 saturated carbocycles. The molecule has 0 saturated heterocycles. The first-order chi connectivity index (χ1) is 7.31. The first kappa shape index (κ1) is 10.6. The first-order valence-corrected chi connectivity index (χ1v) is 6.19. The van der Waals surface area contributed by atoms with Gasteiger partial charge in [-0.15, -0.1) is 33.1 Å². The summed E-state index contributed by atoms with van der Waals surface area (Å²) in [5, 5.41) is 9.94. The van der Waals surface area contributed by atoms with Crippen molar-refractivity contribution in [1.29, 1.82) is 0 Å². The van der Waals surface area contributed by atoms with Crippen molar-refractivity contribution >= 4 is 22.9 Å². The number of thiophene rings is 1. The molecule has 0 spiro atoms. The number of hydrogen-bond donors (Lipinski definition) is 0. The predicted octanol–water partition coefficient (Wildman–Crippen LogP) is 2.88. The fraction of sp³-hybridized carbons (Fsp3) is 0.400. The van der Waals surface area contributed by atoms with Gasteiger partial charge < -0.3 is 4.57 Å². The fourth-order valence-electron chi connectivity index (χ4n) is 1.55. The van der Waals surface area contributed by atoms with Gasteiger partial charge >= 0.3 is 0 Å². The lowest BCUT2D eigenvalue weighted by Gasteiger charge is -2.13. The minimum Gasteiger partial charge on any atom is -0.313 e. The minimum atomic E-state index is 0.354. The van der Waals surface area contributed by atoms with Gasteiger partial charge in [0.05, 0.1) is 5.88 Å². The van der Waals surface area contributed by atoms with Gasteiger partial charge in [0.15, 0.2) is 0 Å². The van der Waals surface area contributed by atoms with E-state index in [-0.39, 0.29) is 0 Å². The Morgan fingerprint density at radius 1 is 1.60 bits per heavy atom. The Bertz CT molecular complexity index is 410. The van der Waals surface area contributed by atoms with Crippen molar-refractivity contribution in [2.24, 2.45) is 0 Å². The summed E-state index contributed by atoms with van der Waals surface area (Å²) in [6.07, 6.45) is 2.75. The molecule has 15 heavy (non-hydrogen) atoms. The van der Waals surface area contributed by atoms with Crippen LogP contribution >= 0.6 is 22.9 Å². The number of aromatic nitrogens is 3. The maximum atomic E-state index is 5.78. The van der Waals surface area contributed by atoms with Crippen LogP contribution in [0.4, 0.5) is 0 Å². The highest BCUT2D eigenvalue weighted by Crippen LogP contribution is 2.19. The summed E-state index contributed by atoms with van der Waals surface area (Å²) >= 11 is 7.55. The maximum absolute atomic E-state index is 5.78. The van der Waals surface area contributed by atoms with Gasteiger partial charge in [0.1, 0.15) is 12.2 Å². The van der Waals surface area contributed by atoms with Gasteiger partial charge in [-0.3, -0.25) is 0 Å². The first-order valence-electron chi connectivity index (χ1n) is 4.78. The molecule has 0 fully saturated rings. The van der Waals surface area contributed by atoms with E-state index in [2.05, 4.69) is 34.6 Å². The van der Waals surface area contributed by atoms with Crippen LogP contribution in [0.5, 0.6) is 0 Å². The van der Waals surface area contributed by atoms with Crippen molar-refractivity contribution in [3.8, 4) is 0 Å². The van der Waals surface area contributed by atoms with E-state index in [4.69, 9.17) is 11.6 Å². The van der Waals surface area contributed by atoms with Crippen molar-refractivity contribution in [3.05, 3.63) is 34.5 Å². The Kier molecular flexibility index (Phi) is 3.38. The van der Waals surface area contributed by atoms with E-state index in [0.717, 1.165) is 12.2 Å². The summed E-state index contributed by atoms with van der Waals surface area (Å²) in [4.78, 5) is 1.37. The van der Waals surface area contributed by atoms with Crippen LogP contribution in [0.3, 0.4) is 0 Å². The molecule has 0 aliphatic rings. The summed E-state index contributed by atoms with van der Waals surface area (Å²) in [6.45, 7) is 2.15. The highest BCUT2D eigenvalue weighted by atomic mass is 35.5. The SMILES string of the molecule is CC(Cc1cccs1)n1cnnc1CCl. The zero-order valence-corrected chi connectivity index (χ0v) is 10.0. The Hall–Kier alpha value is -0.870. The Labute approximate surface area is 97.7 Å². The standard InChI is InChI=1S/C10H12ClN3S/c1-8(5-9-3-2-4-15-9)14-7-12-13-10(14)6-11/h2-4,7-8H,5-6H2,1H3. The molecule has 2 heterocycles. The van der Waals surface area contributed by atoms with Crippen LogP contribution in [-0.2, 0) is 12.3 Å². The molecular formula is C10H12ClN3S. The summed E-state index contributed by atoms with van der Waals surface area (Å²) in [6, 6.07) is 4.57. The van der Waals surface area contributed by atoms with Gasteiger partial charge in [-0.2, -0.15) is 0 Å². The molecule has 1 unspecified atom stereocenters. The topological polar surface area (TPSA) is 30.7 Å². The third-order valence-corrected chi connectivity index (χ3v) is 3.46. The van der Waals surface area contributed by atoms with Crippen LogP contribution in [0.15, 0.2) is 23.8 Å². The second kappa shape index (κ2) is 4.77. The quantitative estimate of drug-likeness (QED) is 0.771. The van der Waals surface area contributed by atoms with Crippen LogP contribution in [0.2, 0.25) is 0 Å². The molecule has 0 aliphatic carbocycles. The summed E-state index contributed by atoms with van der Waals surface area (Å²) in [7, 11) is 0. The van der Waals surface area contributed by atoms with Gasteiger partial charge in [-0.1, -0.05) is 6.07 Å². The van der Waals surface area contributed by atoms with Gasteiger partial charge in [-0.25, -0.2) is 0 Å². The van der Waals surface area contributed by atoms with Crippen LogP contribution in [0.25, 0.3) is 0 Å². The molecule has 1 atom stereocenters.